The highest BCUT2D eigenvalue weighted by Gasteiger charge is 2.27. The third kappa shape index (κ3) is 4.57. The summed E-state index contributed by atoms with van der Waals surface area (Å²) in [5, 5.41) is 13.6. The number of hydrogen-bond acceptors (Lipinski definition) is 6. The largest absolute Gasteiger partial charge is 0.462 e. The first-order valence-corrected chi connectivity index (χ1v) is 9.03. The molecule has 1 aliphatic rings. The molecule has 1 aliphatic heterocycles. The van der Waals surface area contributed by atoms with Crippen molar-refractivity contribution in [3.05, 3.63) is 63.7 Å². The maximum absolute atomic E-state index is 12.4. The van der Waals surface area contributed by atoms with E-state index in [1.165, 1.54) is 35.2 Å². The number of nitro benzene ring substituents is 1. The van der Waals surface area contributed by atoms with Crippen molar-refractivity contribution in [1.29, 1.82) is 0 Å². The number of anilines is 2. The van der Waals surface area contributed by atoms with Crippen molar-refractivity contribution in [1.82, 2.24) is 0 Å². The SMILES string of the molecule is CCOC(=O)c1ccc(NC(=O)CN2C(=O)CCc3cc([N+](=O)[O-])ccc32)cc1. The van der Waals surface area contributed by atoms with Crippen LogP contribution in [0.3, 0.4) is 0 Å². The van der Waals surface area contributed by atoms with Crippen LogP contribution in [0.5, 0.6) is 0 Å². The van der Waals surface area contributed by atoms with Gasteiger partial charge in [-0.25, -0.2) is 4.79 Å². The molecule has 1 N–H and O–H groups in total. The van der Waals surface area contributed by atoms with Gasteiger partial charge >= 0.3 is 5.97 Å². The Morgan fingerprint density at radius 2 is 1.90 bits per heavy atom. The molecule has 0 unspecified atom stereocenters. The molecule has 150 valence electrons. The third-order valence-corrected chi connectivity index (χ3v) is 4.46. The summed E-state index contributed by atoms with van der Waals surface area (Å²) in [6, 6.07) is 10.4. The summed E-state index contributed by atoms with van der Waals surface area (Å²) >= 11 is 0. The summed E-state index contributed by atoms with van der Waals surface area (Å²) in [6.45, 7) is 1.76. The van der Waals surface area contributed by atoms with Gasteiger partial charge in [-0.3, -0.25) is 19.7 Å². The number of hydrogen-bond donors (Lipinski definition) is 1. The van der Waals surface area contributed by atoms with Gasteiger partial charge in [-0.05, 0) is 49.2 Å². The van der Waals surface area contributed by atoms with Gasteiger partial charge in [-0.1, -0.05) is 0 Å². The van der Waals surface area contributed by atoms with Gasteiger partial charge < -0.3 is 15.0 Å². The van der Waals surface area contributed by atoms with Crippen LogP contribution in [-0.2, 0) is 20.7 Å². The van der Waals surface area contributed by atoms with Gasteiger partial charge in [-0.15, -0.1) is 0 Å². The first-order chi connectivity index (χ1) is 13.9. The molecule has 0 aromatic heterocycles. The minimum absolute atomic E-state index is 0.0517. The molecule has 1 heterocycles. The van der Waals surface area contributed by atoms with Crippen LogP contribution in [0.4, 0.5) is 17.1 Å². The number of carbonyl (C=O) groups excluding carboxylic acids is 3. The van der Waals surface area contributed by atoms with Gasteiger partial charge in [0.25, 0.3) is 5.69 Å². The lowest BCUT2D eigenvalue weighted by atomic mass is 10.0. The van der Waals surface area contributed by atoms with Gasteiger partial charge in [-0.2, -0.15) is 0 Å². The summed E-state index contributed by atoms with van der Waals surface area (Å²) in [4.78, 5) is 48.2. The van der Waals surface area contributed by atoms with Gasteiger partial charge in [0.2, 0.25) is 11.8 Å². The Labute approximate surface area is 166 Å². The molecule has 0 spiro atoms. The van der Waals surface area contributed by atoms with Gasteiger partial charge in [0.15, 0.2) is 0 Å². The topological polar surface area (TPSA) is 119 Å². The van der Waals surface area contributed by atoms with E-state index in [1.54, 1.807) is 19.1 Å². The fraction of sp³-hybridized carbons (Fsp3) is 0.250. The van der Waals surface area contributed by atoms with E-state index in [0.29, 0.717) is 28.9 Å². The molecular formula is C20H19N3O6. The summed E-state index contributed by atoms with van der Waals surface area (Å²) in [7, 11) is 0. The van der Waals surface area contributed by atoms with Crippen molar-refractivity contribution >= 4 is 34.8 Å². The molecule has 9 nitrogen and oxygen atoms in total. The zero-order valence-electron chi connectivity index (χ0n) is 15.7. The number of benzene rings is 2. The number of esters is 1. The average Bonchev–Trinajstić information content (AvgIpc) is 2.70. The van der Waals surface area contributed by atoms with E-state index in [9.17, 15) is 24.5 Å². The Balaban J connectivity index is 1.70. The number of nitrogens with one attached hydrogen (secondary N) is 1. The molecule has 2 amide bonds. The van der Waals surface area contributed by atoms with Gasteiger partial charge in [0.1, 0.15) is 6.54 Å². The molecule has 29 heavy (non-hydrogen) atoms. The van der Waals surface area contributed by atoms with Crippen LogP contribution < -0.4 is 10.2 Å². The number of carbonyl (C=O) groups is 3. The molecule has 0 bridgehead atoms. The summed E-state index contributed by atoms with van der Waals surface area (Å²) in [6.07, 6.45) is 0.568. The minimum atomic E-state index is -0.492. The highest BCUT2D eigenvalue weighted by molar-refractivity contribution is 6.04. The average molecular weight is 397 g/mol. The van der Waals surface area contributed by atoms with E-state index in [2.05, 4.69) is 5.32 Å². The first kappa shape index (κ1) is 20.0. The van der Waals surface area contributed by atoms with E-state index < -0.39 is 16.8 Å². The smallest absolute Gasteiger partial charge is 0.338 e. The van der Waals surface area contributed by atoms with Crippen molar-refractivity contribution in [2.24, 2.45) is 0 Å². The van der Waals surface area contributed by atoms with Crippen LogP contribution in [0, 0.1) is 10.1 Å². The summed E-state index contributed by atoms with van der Waals surface area (Å²) < 4.78 is 4.91. The highest BCUT2D eigenvalue weighted by atomic mass is 16.6. The number of nitro groups is 1. The van der Waals surface area contributed by atoms with Crippen LogP contribution in [0.1, 0.15) is 29.3 Å². The zero-order chi connectivity index (χ0) is 21.0. The Morgan fingerprint density at radius 3 is 2.55 bits per heavy atom. The van der Waals surface area contributed by atoms with Gasteiger partial charge in [0.05, 0.1) is 17.1 Å². The molecule has 0 saturated heterocycles. The normalized spacial score (nSPS) is 12.9. The Bertz CT molecular complexity index is 971. The van der Waals surface area contributed by atoms with E-state index in [0.717, 1.165) is 0 Å². The molecule has 2 aromatic carbocycles. The molecule has 2 aromatic rings. The van der Waals surface area contributed by atoms with Crippen LogP contribution in [0.25, 0.3) is 0 Å². The predicted octanol–water partition coefficient (Wildman–Crippen LogP) is 2.69. The quantitative estimate of drug-likeness (QED) is 0.455. The summed E-state index contributed by atoms with van der Waals surface area (Å²) in [5.74, 6) is -1.09. The number of non-ortho nitro benzene ring substituents is 1. The molecule has 0 saturated carbocycles. The van der Waals surface area contributed by atoms with Crippen LogP contribution >= 0.6 is 0 Å². The number of aryl methyl sites for hydroxylation is 1. The zero-order valence-corrected chi connectivity index (χ0v) is 15.7. The van der Waals surface area contributed by atoms with Crippen LogP contribution in [0.15, 0.2) is 42.5 Å². The van der Waals surface area contributed by atoms with Gasteiger partial charge in [0, 0.05) is 29.9 Å². The maximum atomic E-state index is 12.4. The number of fused-ring (bicyclic) bond motifs is 1. The number of rotatable bonds is 6. The first-order valence-electron chi connectivity index (χ1n) is 9.03. The molecular weight excluding hydrogens is 378 g/mol. The highest BCUT2D eigenvalue weighted by Crippen LogP contribution is 2.31. The van der Waals surface area contributed by atoms with Crippen LogP contribution in [0.2, 0.25) is 0 Å². The van der Waals surface area contributed by atoms with Crippen LogP contribution in [-0.4, -0.2) is 35.9 Å². The Kier molecular flexibility index (Phi) is 5.87. The number of ether oxygens (including phenoxy) is 1. The molecule has 9 heteroatoms. The molecule has 0 radical (unpaired) electrons. The minimum Gasteiger partial charge on any atom is -0.462 e. The lowest BCUT2D eigenvalue weighted by Crippen LogP contribution is -2.40. The van der Waals surface area contributed by atoms with E-state index >= 15 is 0 Å². The second-order valence-corrected chi connectivity index (χ2v) is 6.40. The Morgan fingerprint density at radius 1 is 1.17 bits per heavy atom. The van der Waals surface area contributed by atoms with Crippen molar-refractivity contribution in [3.63, 3.8) is 0 Å². The summed E-state index contributed by atoms with van der Waals surface area (Å²) in [5.41, 5.74) is 1.94. The number of amides is 2. The number of nitrogens with zero attached hydrogens (tertiary/aromatic N) is 2. The van der Waals surface area contributed by atoms with Crippen molar-refractivity contribution in [2.45, 2.75) is 19.8 Å². The van der Waals surface area contributed by atoms with Crippen molar-refractivity contribution < 1.29 is 24.0 Å². The Hall–Kier alpha value is -3.75. The standard InChI is InChI=1S/C20H19N3O6/c1-2-29-20(26)13-3-6-15(7-4-13)21-18(24)12-22-17-9-8-16(23(27)28)11-14(17)5-10-19(22)25/h3-4,6-9,11H,2,5,10,12H2,1H3,(H,21,24). The lowest BCUT2D eigenvalue weighted by Gasteiger charge is -2.28. The maximum Gasteiger partial charge on any atom is 0.338 e. The van der Waals surface area contributed by atoms with Crippen molar-refractivity contribution in [2.75, 3.05) is 23.4 Å². The molecule has 0 aliphatic carbocycles. The molecule has 0 atom stereocenters. The molecule has 0 fully saturated rings. The predicted molar refractivity (Wildman–Crippen MR) is 105 cm³/mol. The van der Waals surface area contributed by atoms with E-state index in [-0.39, 0.29) is 31.2 Å². The fourth-order valence-electron chi connectivity index (χ4n) is 3.08. The van der Waals surface area contributed by atoms with E-state index in [1.807, 2.05) is 0 Å². The second-order valence-electron chi connectivity index (χ2n) is 6.40. The lowest BCUT2D eigenvalue weighted by molar-refractivity contribution is -0.384. The monoisotopic (exact) mass is 397 g/mol. The fourth-order valence-corrected chi connectivity index (χ4v) is 3.08. The molecule has 3 rings (SSSR count). The van der Waals surface area contributed by atoms with E-state index in [4.69, 9.17) is 4.74 Å². The van der Waals surface area contributed by atoms with Crippen molar-refractivity contribution in [3.8, 4) is 0 Å². The second kappa shape index (κ2) is 8.51. The third-order valence-electron chi connectivity index (χ3n) is 4.46.